The van der Waals surface area contributed by atoms with Crippen LogP contribution in [0.25, 0.3) is 17.2 Å². The highest BCUT2D eigenvalue weighted by molar-refractivity contribution is 5.94. The molecule has 4 rings (SSSR count). The van der Waals surface area contributed by atoms with Crippen molar-refractivity contribution in [2.75, 3.05) is 13.7 Å². The molecule has 0 aliphatic carbocycles. The van der Waals surface area contributed by atoms with Gasteiger partial charge in [-0.25, -0.2) is 4.79 Å². The number of methoxy groups -OCH3 is 1. The van der Waals surface area contributed by atoms with Gasteiger partial charge in [0, 0.05) is 11.3 Å². The highest BCUT2D eigenvalue weighted by Gasteiger charge is 2.30. The molecule has 164 valence electrons. The van der Waals surface area contributed by atoms with Gasteiger partial charge in [-0.15, -0.1) is 10.2 Å². The molecular weight excluding hydrogens is 410 g/mol. The van der Waals surface area contributed by atoms with Crippen LogP contribution in [0.15, 0.2) is 54.6 Å². The Morgan fingerprint density at radius 1 is 1.09 bits per heavy atom. The van der Waals surface area contributed by atoms with Crippen LogP contribution in [-0.2, 0) is 11.3 Å². The van der Waals surface area contributed by atoms with Crippen LogP contribution < -0.4 is 9.47 Å². The fourth-order valence-electron chi connectivity index (χ4n) is 3.47. The summed E-state index contributed by atoms with van der Waals surface area (Å²) in [5.74, 6) is 0.994. The van der Waals surface area contributed by atoms with Crippen LogP contribution in [0.5, 0.6) is 11.5 Å². The Morgan fingerprint density at radius 3 is 2.47 bits per heavy atom. The minimum Gasteiger partial charge on any atom is -0.497 e. The number of aromatic amines is 1. The van der Waals surface area contributed by atoms with E-state index in [0.717, 1.165) is 5.56 Å². The molecular formula is C23H23N5O4. The van der Waals surface area contributed by atoms with Gasteiger partial charge in [-0.2, -0.15) is 5.21 Å². The van der Waals surface area contributed by atoms with Crippen molar-refractivity contribution in [3.63, 3.8) is 0 Å². The summed E-state index contributed by atoms with van der Waals surface area (Å²) in [6, 6.07) is 17.1. The molecule has 0 aliphatic heterocycles. The molecule has 0 atom stereocenters. The molecule has 0 saturated heterocycles. The van der Waals surface area contributed by atoms with Gasteiger partial charge < -0.3 is 14.2 Å². The van der Waals surface area contributed by atoms with Crippen LogP contribution in [0, 0.1) is 6.92 Å². The molecule has 32 heavy (non-hydrogen) atoms. The van der Waals surface area contributed by atoms with E-state index in [4.69, 9.17) is 14.2 Å². The third-order valence-electron chi connectivity index (χ3n) is 4.94. The van der Waals surface area contributed by atoms with Crippen molar-refractivity contribution in [3.05, 3.63) is 71.4 Å². The fraction of sp³-hybridized carbons (Fsp3) is 0.217. The Morgan fingerprint density at radius 2 is 1.84 bits per heavy atom. The number of nitrogens with one attached hydrogen (secondary N) is 1. The van der Waals surface area contributed by atoms with Crippen LogP contribution in [0.3, 0.4) is 0 Å². The van der Waals surface area contributed by atoms with Gasteiger partial charge in [-0.1, -0.05) is 30.3 Å². The first-order chi connectivity index (χ1) is 15.6. The first kappa shape index (κ1) is 21.1. The number of tetrazole rings is 1. The molecule has 0 radical (unpaired) electrons. The zero-order valence-corrected chi connectivity index (χ0v) is 18.0. The predicted molar refractivity (Wildman–Crippen MR) is 117 cm³/mol. The van der Waals surface area contributed by atoms with E-state index in [0.29, 0.717) is 46.6 Å². The van der Waals surface area contributed by atoms with Crippen molar-refractivity contribution in [2.45, 2.75) is 20.5 Å². The van der Waals surface area contributed by atoms with Crippen LogP contribution >= 0.6 is 0 Å². The molecule has 0 aliphatic rings. The second-order valence-electron chi connectivity index (χ2n) is 6.91. The summed E-state index contributed by atoms with van der Waals surface area (Å²) in [6.45, 7) is 4.13. The summed E-state index contributed by atoms with van der Waals surface area (Å²) in [5, 5.41) is 14.5. The van der Waals surface area contributed by atoms with Crippen molar-refractivity contribution in [1.29, 1.82) is 0 Å². The monoisotopic (exact) mass is 433 g/mol. The topological polar surface area (TPSA) is 104 Å². The average Bonchev–Trinajstić information content (AvgIpc) is 3.45. The lowest BCUT2D eigenvalue weighted by atomic mass is 10.2. The summed E-state index contributed by atoms with van der Waals surface area (Å²) < 4.78 is 18.6. The third kappa shape index (κ3) is 4.04. The molecule has 0 spiro atoms. The molecule has 9 heteroatoms. The van der Waals surface area contributed by atoms with Crippen molar-refractivity contribution < 1.29 is 19.0 Å². The van der Waals surface area contributed by atoms with E-state index in [9.17, 15) is 4.79 Å². The SMILES string of the molecule is CCOC(=O)c1c(C)c(OCc2ccccc2)c(-c2nn[nH]n2)n1-c1ccc(OC)cc1. The average molecular weight is 433 g/mol. The second-order valence-corrected chi connectivity index (χ2v) is 6.91. The number of hydrogen-bond acceptors (Lipinski definition) is 7. The fourth-order valence-corrected chi connectivity index (χ4v) is 3.47. The van der Waals surface area contributed by atoms with Crippen LogP contribution in [0.1, 0.15) is 28.5 Å². The van der Waals surface area contributed by atoms with Crippen molar-refractivity contribution in [3.8, 4) is 28.7 Å². The third-order valence-corrected chi connectivity index (χ3v) is 4.94. The molecule has 0 unspecified atom stereocenters. The largest absolute Gasteiger partial charge is 0.497 e. The highest BCUT2D eigenvalue weighted by atomic mass is 16.5. The van der Waals surface area contributed by atoms with Gasteiger partial charge in [0.05, 0.1) is 13.7 Å². The molecule has 0 amide bonds. The van der Waals surface area contributed by atoms with Gasteiger partial charge in [0.1, 0.15) is 23.7 Å². The number of esters is 1. The predicted octanol–water partition coefficient (Wildman–Crippen LogP) is 3.73. The van der Waals surface area contributed by atoms with Crippen molar-refractivity contribution >= 4 is 5.97 Å². The van der Waals surface area contributed by atoms with E-state index in [1.165, 1.54) is 0 Å². The van der Waals surface area contributed by atoms with E-state index in [1.807, 2.05) is 61.5 Å². The van der Waals surface area contributed by atoms with E-state index >= 15 is 0 Å². The highest BCUT2D eigenvalue weighted by Crippen LogP contribution is 2.39. The minimum absolute atomic E-state index is 0.240. The first-order valence-electron chi connectivity index (χ1n) is 10.1. The second kappa shape index (κ2) is 9.34. The zero-order chi connectivity index (χ0) is 22.5. The molecule has 9 nitrogen and oxygen atoms in total. The summed E-state index contributed by atoms with van der Waals surface area (Å²) in [6.07, 6.45) is 0. The number of aromatic nitrogens is 5. The first-order valence-corrected chi connectivity index (χ1v) is 10.1. The van der Waals surface area contributed by atoms with E-state index in [1.54, 1.807) is 18.6 Å². The molecule has 2 aromatic carbocycles. The van der Waals surface area contributed by atoms with Crippen LogP contribution in [-0.4, -0.2) is 44.9 Å². The number of rotatable bonds is 8. The normalized spacial score (nSPS) is 10.7. The van der Waals surface area contributed by atoms with E-state index in [-0.39, 0.29) is 6.61 Å². The molecule has 2 heterocycles. The van der Waals surface area contributed by atoms with Gasteiger partial charge >= 0.3 is 5.97 Å². The summed E-state index contributed by atoms with van der Waals surface area (Å²) in [7, 11) is 1.60. The summed E-state index contributed by atoms with van der Waals surface area (Å²) in [5.41, 5.74) is 3.14. The molecule has 2 aromatic heterocycles. The molecule has 0 fully saturated rings. The number of hydrogen-bond donors (Lipinski definition) is 1. The summed E-state index contributed by atoms with van der Waals surface area (Å²) in [4.78, 5) is 13.0. The maximum atomic E-state index is 13.0. The molecule has 4 aromatic rings. The lowest BCUT2D eigenvalue weighted by molar-refractivity contribution is 0.0516. The van der Waals surface area contributed by atoms with E-state index in [2.05, 4.69) is 20.6 Å². The number of benzene rings is 2. The number of H-pyrrole nitrogens is 1. The van der Waals surface area contributed by atoms with Gasteiger partial charge in [-0.3, -0.25) is 4.57 Å². The van der Waals surface area contributed by atoms with Crippen molar-refractivity contribution in [2.24, 2.45) is 0 Å². The quantitative estimate of drug-likeness (QED) is 0.422. The molecule has 1 N–H and O–H groups in total. The van der Waals surface area contributed by atoms with Crippen molar-refractivity contribution in [1.82, 2.24) is 25.2 Å². The Balaban J connectivity index is 1.91. The van der Waals surface area contributed by atoms with Crippen LogP contribution in [0.4, 0.5) is 0 Å². The van der Waals surface area contributed by atoms with Gasteiger partial charge in [-0.05, 0) is 48.9 Å². The maximum absolute atomic E-state index is 13.0. The zero-order valence-electron chi connectivity index (χ0n) is 18.0. The van der Waals surface area contributed by atoms with E-state index < -0.39 is 5.97 Å². The Kier molecular flexibility index (Phi) is 6.16. The van der Waals surface area contributed by atoms with Crippen LogP contribution in [0.2, 0.25) is 0 Å². The molecule has 0 bridgehead atoms. The summed E-state index contributed by atoms with van der Waals surface area (Å²) >= 11 is 0. The standard InChI is InChI=1S/C23H23N5O4/c1-4-31-23(29)19-15(2)21(32-14-16-8-6-5-7-9-16)20(22-24-26-27-25-22)28(19)17-10-12-18(30-3)13-11-17/h5-13H,4,14H2,1-3H3,(H,24,25,26,27). The lowest BCUT2D eigenvalue weighted by Gasteiger charge is -2.13. The number of ether oxygens (including phenoxy) is 3. The van der Waals surface area contributed by atoms with Gasteiger partial charge in [0.15, 0.2) is 5.75 Å². The smallest absolute Gasteiger partial charge is 0.355 e. The maximum Gasteiger partial charge on any atom is 0.355 e. The minimum atomic E-state index is -0.472. The number of carbonyl (C=O) groups is 1. The number of carbonyl (C=O) groups excluding carboxylic acids is 1. The Labute approximate surface area is 184 Å². The Bertz CT molecular complexity index is 1190. The Hall–Kier alpha value is -4.14. The van der Waals surface area contributed by atoms with Gasteiger partial charge in [0.2, 0.25) is 5.82 Å². The molecule has 0 saturated carbocycles. The number of nitrogens with zero attached hydrogens (tertiary/aromatic N) is 4. The van der Waals surface area contributed by atoms with Gasteiger partial charge in [0.25, 0.3) is 0 Å². The lowest BCUT2D eigenvalue weighted by Crippen LogP contribution is -2.13.